The van der Waals surface area contributed by atoms with Gasteiger partial charge in [0.25, 0.3) is 0 Å². The molecule has 0 spiro atoms. The summed E-state index contributed by atoms with van der Waals surface area (Å²) in [6, 6.07) is 18.2. The minimum absolute atomic E-state index is 0.672. The van der Waals surface area contributed by atoms with E-state index in [4.69, 9.17) is 5.26 Å². The summed E-state index contributed by atoms with van der Waals surface area (Å²) < 4.78 is 4.10. The molecule has 0 saturated carbocycles. The third-order valence-corrected chi connectivity index (χ3v) is 3.62. The van der Waals surface area contributed by atoms with Crippen molar-refractivity contribution in [2.24, 2.45) is 7.05 Å². The van der Waals surface area contributed by atoms with Crippen LogP contribution in [-0.4, -0.2) is 4.68 Å². The first-order valence-corrected chi connectivity index (χ1v) is 6.84. The van der Waals surface area contributed by atoms with Gasteiger partial charge in [-0.05, 0) is 30.2 Å². The predicted molar refractivity (Wildman–Crippen MR) is 81.8 cm³/mol. The van der Waals surface area contributed by atoms with E-state index in [1.165, 1.54) is 5.56 Å². The van der Waals surface area contributed by atoms with Crippen molar-refractivity contribution in [3.05, 3.63) is 72.1 Å². The van der Waals surface area contributed by atoms with Gasteiger partial charge in [0.1, 0.15) is 5.69 Å². The Morgan fingerprint density at radius 3 is 2.52 bits per heavy atom. The predicted octanol–water partition coefficient (Wildman–Crippen LogP) is 3.15. The average molecular weight is 274 g/mol. The molecule has 0 fully saturated rings. The van der Waals surface area contributed by atoms with Crippen LogP contribution in [-0.2, 0) is 7.05 Å². The Bertz CT molecular complexity index is 823. The van der Waals surface area contributed by atoms with Crippen LogP contribution in [0.3, 0.4) is 0 Å². The molecule has 0 bridgehead atoms. The number of hydrogen-bond donors (Lipinski definition) is 0. The summed E-state index contributed by atoms with van der Waals surface area (Å²) in [6.45, 7) is 2.05. The maximum absolute atomic E-state index is 9.09. The standard InChI is InChI=1S/C18H16N3/c1-14-8-9-15(11-19)10-18(14)21-13-17(12-20(21)2)16-6-4-3-5-7-16/h3-10,12-13H,1-2H3/q+1. The van der Waals surface area contributed by atoms with Crippen molar-refractivity contribution >= 4 is 0 Å². The second kappa shape index (κ2) is 5.26. The highest BCUT2D eigenvalue weighted by Crippen LogP contribution is 2.20. The van der Waals surface area contributed by atoms with E-state index in [1.54, 1.807) is 0 Å². The molecule has 3 aromatic rings. The van der Waals surface area contributed by atoms with Gasteiger partial charge in [-0.2, -0.15) is 5.26 Å². The maximum Gasteiger partial charge on any atom is 0.203 e. The second-order valence-electron chi connectivity index (χ2n) is 5.11. The molecule has 0 amide bonds. The third-order valence-electron chi connectivity index (χ3n) is 3.62. The fourth-order valence-corrected chi connectivity index (χ4v) is 2.46. The molecule has 0 unspecified atom stereocenters. The summed E-state index contributed by atoms with van der Waals surface area (Å²) in [5.74, 6) is 0. The molecule has 0 aliphatic rings. The summed E-state index contributed by atoms with van der Waals surface area (Å²) >= 11 is 0. The van der Waals surface area contributed by atoms with Crippen molar-refractivity contribution in [1.82, 2.24) is 4.68 Å². The van der Waals surface area contributed by atoms with E-state index in [2.05, 4.69) is 42.2 Å². The summed E-state index contributed by atoms with van der Waals surface area (Å²) in [4.78, 5) is 0. The fraction of sp³-hybridized carbons (Fsp3) is 0.111. The summed E-state index contributed by atoms with van der Waals surface area (Å²) in [5, 5.41) is 9.09. The molecule has 0 aliphatic heterocycles. The molecule has 3 heteroatoms. The van der Waals surface area contributed by atoms with Gasteiger partial charge >= 0.3 is 0 Å². The van der Waals surface area contributed by atoms with Crippen LogP contribution in [0.5, 0.6) is 0 Å². The SMILES string of the molecule is Cc1ccc(C#N)cc1-n1cc(-c2ccccc2)c[n+]1C. The van der Waals surface area contributed by atoms with Crippen molar-refractivity contribution in [2.45, 2.75) is 6.92 Å². The Labute approximate surface area is 124 Å². The van der Waals surface area contributed by atoms with Crippen LogP contribution >= 0.6 is 0 Å². The van der Waals surface area contributed by atoms with Crippen LogP contribution in [0.2, 0.25) is 0 Å². The monoisotopic (exact) mass is 274 g/mol. The number of nitrogens with zero attached hydrogens (tertiary/aromatic N) is 3. The van der Waals surface area contributed by atoms with Crippen molar-refractivity contribution in [3.63, 3.8) is 0 Å². The number of aryl methyl sites for hydroxylation is 2. The van der Waals surface area contributed by atoms with Crippen LogP contribution in [0.1, 0.15) is 11.1 Å². The zero-order valence-corrected chi connectivity index (χ0v) is 12.1. The lowest BCUT2D eigenvalue weighted by atomic mass is 10.1. The van der Waals surface area contributed by atoms with Crippen molar-refractivity contribution < 1.29 is 4.68 Å². The highest BCUT2D eigenvalue weighted by Gasteiger charge is 2.14. The first-order chi connectivity index (χ1) is 10.2. The van der Waals surface area contributed by atoms with E-state index in [0.717, 1.165) is 16.8 Å². The Balaban J connectivity index is 2.13. The Morgan fingerprint density at radius 1 is 1.05 bits per heavy atom. The fourth-order valence-electron chi connectivity index (χ4n) is 2.46. The van der Waals surface area contributed by atoms with Gasteiger partial charge in [-0.3, -0.25) is 0 Å². The van der Waals surface area contributed by atoms with Gasteiger partial charge in [-0.15, -0.1) is 9.36 Å². The van der Waals surface area contributed by atoms with E-state index in [-0.39, 0.29) is 0 Å². The minimum atomic E-state index is 0.672. The molecule has 1 heterocycles. The average Bonchev–Trinajstić information content (AvgIpc) is 2.90. The van der Waals surface area contributed by atoms with Gasteiger partial charge in [-0.1, -0.05) is 36.4 Å². The highest BCUT2D eigenvalue weighted by atomic mass is 15.4. The Hall–Kier alpha value is -2.86. The number of nitriles is 1. The topological polar surface area (TPSA) is 32.6 Å². The number of rotatable bonds is 2. The molecule has 102 valence electrons. The van der Waals surface area contributed by atoms with E-state index in [1.807, 2.05) is 48.1 Å². The van der Waals surface area contributed by atoms with E-state index in [9.17, 15) is 0 Å². The summed E-state index contributed by atoms with van der Waals surface area (Å²) in [7, 11) is 2.00. The van der Waals surface area contributed by atoms with Gasteiger partial charge in [-0.25, -0.2) is 0 Å². The lowest BCUT2D eigenvalue weighted by Crippen LogP contribution is -2.37. The van der Waals surface area contributed by atoms with Crippen LogP contribution in [0.25, 0.3) is 16.8 Å². The number of benzene rings is 2. The molecular weight excluding hydrogens is 258 g/mol. The lowest BCUT2D eigenvalue weighted by molar-refractivity contribution is -0.744. The quantitative estimate of drug-likeness (QED) is 0.661. The minimum Gasteiger partial charge on any atom is -0.192 e. The largest absolute Gasteiger partial charge is 0.203 e. The van der Waals surface area contributed by atoms with Crippen LogP contribution in [0, 0.1) is 18.3 Å². The molecule has 3 rings (SSSR count). The van der Waals surface area contributed by atoms with E-state index >= 15 is 0 Å². The molecule has 2 aromatic carbocycles. The first kappa shape index (κ1) is 13.1. The normalized spacial score (nSPS) is 10.3. The Morgan fingerprint density at radius 2 is 1.81 bits per heavy atom. The third kappa shape index (κ3) is 2.44. The van der Waals surface area contributed by atoms with E-state index < -0.39 is 0 Å². The Kier molecular flexibility index (Phi) is 3.29. The number of aromatic nitrogens is 2. The van der Waals surface area contributed by atoms with Crippen LogP contribution < -0.4 is 4.68 Å². The van der Waals surface area contributed by atoms with Crippen molar-refractivity contribution in [3.8, 4) is 22.9 Å². The molecular formula is C18H16N3+. The molecule has 21 heavy (non-hydrogen) atoms. The second-order valence-corrected chi connectivity index (χ2v) is 5.11. The highest BCUT2D eigenvalue weighted by molar-refractivity contribution is 5.61. The molecule has 0 radical (unpaired) electrons. The zero-order chi connectivity index (χ0) is 14.8. The van der Waals surface area contributed by atoms with Gasteiger partial charge in [0.05, 0.1) is 23.4 Å². The molecule has 0 atom stereocenters. The molecule has 0 saturated heterocycles. The summed E-state index contributed by atoms with van der Waals surface area (Å²) in [6.07, 6.45) is 4.19. The molecule has 1 aromatic heterocycles. The molecule has 0 aliphatic carbocycles. The smallest absolute Gasteiger partial charge is 0.192 e. The molecule has 3 nitrogen and oxygen atoms in total. The molecule has 0 N–H and O–H groups in total. The zero-order valence-electron chi connectivity index (χ0n) is 12.1. The van der Waals surface area contributed by atoms with Gasteiger partial charge < -0.3 is 0 Å². The van der Waals surface area contributed by atoms with Crippen molar-refractivity contribution in [2.75, 3.05) is 0 Å². The maximum atomic E-state index is 9.09. The number of hydrogen-bond acceptors (Lipinski definition) is 1. The van der Waals surface area contributed by atoms with Crippen molar-refractivity contribution in [1.29, 1.82) is 5.26 Å². The van der Waals surface area contributed by atoms with Gasteiger partial charge in [0.15, 0.2) is 7.05 Å². The van der Waals surface area contributed by atoms with Crippen LogP contribution in [0.4, 0.5) is 0 Å². The van der Waals surface area contributed by atoms with Gasteiger partial charge in [0.2, 0.25) is 6.20 Å². The van der Waals surface area contributed by atoms with Gasteiger partial charge in [0, 0.05) is 0 Å². The first-order valence-electron chi connectivity index (χ1n) is 6.84. The van der Waals surface area contributed by atoms with Crippen LogP contribution in [0.15, 0.2) is 60.9 Å². The lowest BCUT2D eigenvalue weighted by Gasteiger charge is -2.04. The van der Waals surface area contributed by atoms with E-state index in [0.29, 0.717) is 5.56 Å². The summed E-state index contributed by atoms with van der Waals surface area (Å²) in [5.41, 5.74) is 5.17.